The summed E-state index contributed by atoms with van der Waals surface area (Å²) in [6.07, 6.45) is 1.09. The Hall–Kier alpha value is -1.99. The van der Waals surface area contributed by atoms with E-state index in [1.165, 1.54) is 4.90 Å². The van der Waals surface area contributed by atoms with Crippen molar-refractivity contribution < 1.29 is 19.1 Å². The monoisotopic (exact) mass is 531 g/mol. The number of benzene rings is 2. The highest BCUT2D eigenvalue weighted by atomic mass is 79.9. The summed E-state index contributed by atoms with van der Waals surface area (Å²) in [5.41, 5.74) is 1.41. The first-order valence-electron chi connectivity index (χ1n) is 9.96. The molecule has 2 bridgehead atoms. The lowest BCUT2D eigenvalue weighted by molar-refractivity contribution is -0.133. The van der Waals surface area contributed by atoms with Crippen LogP contribution in [0.3, 0.4) is 0 Å². The molecule has 154 valence electrons. The normalized spacial score (nSPS) is 31.9. The molecule has 0 unspecified atom stereocenters. The largest absolute Gasteiger partial charge is 0.426 e. The highest BCUT2D eigenvalue weighted by Crippen LogP contribution is 2.60. The van der Waals surface area contributed by atoms with Gasteiger partial charge in [0, 0.05) is 9.65 Å². The van der Waals surface area contributed by atoms with Crippen molar-refractivity contribution in [3.63, 3.8) is 0 Å². The molecule has 0 spiro atoms. The van der Waals surface area contributed by atoms with Gasteiger partial charge < -0.3 is 4.74 Å². The summed E-state index contributed by atoms with van der Waals surface area (Å²) in [6.45, 7) is 0. The van der Waals surface area contributed by atoms with Crippen molar-refractivity contribution in [2.45, 2.75) is 22.5 Å². The van der Waals surface area contributed by atoms with Crippen LogP contribution in [0.1, 0.15) is 12.0 Å². The first kappa shape index (κ1) is 19.9. The number of anilines is 1. The molecule has 6 atom stereocenters. The van der Waals surface area contributed by atoms with E-state index < -0.39 is 0 Å². The maximum atomic E-state index is 13.1. The van der Waals surface area contributed by atoms with E-state index in [-0.39, 0.29) is 57.5 Å². The van der Waals surface area contributed by atoms with Gasteiger partial charge in [-0.15, -0.1) is 0 Å². The second-order valence-corrected chi connectivity index (χ2v) is 10.3. The Balaban J connectivity index is 1.30. The van der Waals surface area contributed by atoms with Crippen LogP contribution >= 0.6 is 31.9 Å². The molecule has 0 radical (unpaired) electrons. The first-order valence-corrected chi connectivity index (χ1v) is 11.8. The summed E-state index contributed by atoms with van der Waals surface area (Å²) >= 11 is 7.40. The summed E-state index contributed by atoms with van der Waals surface area (Å²) in [7, 11) is 0. The van der Waals surface area contributed by atoms with Crippen LogP contribution in [-0.2, 0) is 20.8 Å². The molecule has 0 N–H and O–H groups in total. The molecule has 7 heteroatoms. The van der Waals surface area contributed by atoms with E-state index in [2.05, 4.69) is 31.9 Å². The smallest absolute Gasteiger partial charge is 0.315 e. The van der Waals surface area contributed by atoms with E-state index >= 15 is 0 Å². The molecular formula is C23H19Br2NO4. The standard InChI is InChI=1S/C23H19Br2NO4/c24-20-15-11-16(21(20)25)19-18(15)22(28)26(23(19)29)13-6-8-14(9-7-13)30-17(27)10-12-4-2-1-3-5-12/h1-9,15-16,18-21H,10-11H2/t15-,16+,18-,19+,20-,21+. The summed E-state index contributed by atoms with van der Waals surface area (Å²) in [5.74, 6) is -0.327. The summed E-state index contributed by atoms with van der Waals surface area (Å²) in [4.78, 5) is 40.1. The molecule has 2 aliphatic carbocycles. The number of esters is 1. The van der Waals surface area contributed by atoms with Crippen LogP contribution in [0.4, 0.5) is 5.69 Å². The fraction of sp³-hybridized carbons (Fsp3) is 0.348. The van der Waals surface area contributed by atoms with E-state index in [1.54, 1.807) is 24.3 Å². The van der Waals surface area contributed by atoms with Gasteiger partial charge in [0.2, 0.25) is 11.8 Å². The highest BCUT2D eigenvalue weighted by molar-refractivity contribution is 9.12. The minimum Gasteiger partial charge on any atom is -0.426 e. The van der Waals surface area contributed by atoms with Gasteiger partial charge in [-0.05, 0) is 48.1 Å². The lowest BCUT2D eigenvalue weighted by Crippen LogP contribution is -2.37. The zero-order valence-electron chi connectivity index (χ0n) is 15.9. The van der Waals surface area contributed by atoms with E-state index in [9.17, 15) is 14.4 Å². The third-order valence-electron chi connectivity index (χ3n) is 6.50. The first-order chi connectivity index (χ1) is 14.5. The average molecular weight is 533 g/mol. The van der Waals surface area contributed by atoms with Gasteiger partial charge in [-0.25, -0.2) is 0 Å². The Morgan fingerprint density at radius 2 is 1.47 bits per heavy atom. The maximum Gasteiger partial charge on any atom is 0.315 e. The molecule has 30 heavy (non-hydrogen) atoms. The van der Waals surface area contributed by atoms with Gasteiger partial charge in [0.15, 0.2) is 0 Å². The molecule has 0 aromatic heterocycles. The van der Waals surface area contributed by atoms with Crippen molar-refractivity contribution in [2.75, 3.05) is 4.90 Å². The van der Waals surface area contributed by atoms with Gasteiger partial charge in [-0.2, -0.15) is 0 Å². The number of carbonyl (C=O) groups is 3. The molecule has 3 aliphatic rings. The van der Waals surface area contributed by atoms with Crippen molar-refractivity contribution in [2.24, 2.45) is 23.7 Å². The van der Waals surface area contributed by atoms with Crippen molar-refractivity contribution >= 4 is 55.3 Å². The predicted molar refractivity (Wildman–Crippen MR) is 119 cm³/mol. The van der Waals surface area contributed by atoms with E-state index in [0.29, 0.717) is 11.4 Å². The Labute approximate surface area is 191 Å². The number of nitrogens with zero attached hydrogens (tertiary/aromatic N) is 1. The molecule has 1 aliphatic heterocycles. The second-order valence-electron chi connectivity index (χ2n) is 8.15. The molecule has 2 saturated carbocycles. The quantitative estimate of drug-likeness (QED) is 0.257. The topological polar surface area (TPSA) is 63.7 Å². The number of carbonyl (C=O) groups excluding carboxylic acids is 3. The van der Waals surface area contributed by atoms with Crippen LogP contribution in [0.25, 0.3) is 0 Å². The van der Waals surface area contributed by atoms with Gasteiger partial charge in [0.1, 0.15) is 5.75 Å². The van der Waals surface area contributed by atoms with Gasteiger partial charge in [-0.3, -0.25) is 19.3 Å². The number of fused-ring (bicyclic) bond motifs is 5. The maximum absolute atomic E-state index is 13.1. The fourth-order valence-corrected chi connectivity index (χ4v) is 7.07. The van der Waals surface area contributed by atoms with Crippen molar-refractivity contribution in [3.05, 3.63) is 60.2 Å². The number of halogens is 2. The lowest BCUT2D eigenvalue weighted by Gasteiger charge is -2.28. The zero-order valence-corrected chi connectivity index (χ0v) is 19.1. The fourth-order valence-electron chi connectivity index (χ4n) is 5.20. The summed E-state index contributed by atoms with van der Waals surface area (Å²) in [6, 6.07) is 16.0. The van der Waals surface area contributed by atoms with Crippen LogP contribution < -0.4 is 9.64 Å². The number of rotatable bonds is 4. The highest BCUT2D eigenvalue weighted by Gasteiger charge is 2.66. The van der Waals surface area contributed by atoms with Crippen molar-refractivity contribution in [1.82, 2.24) is 0 Å². The number of imide groups is 1. The number of alkyl halides is 2. The number of hydrogen-bond donors (Lipinski definition) is 0. The summed E-state index contributed by atoms with van der Waals surface area (Å²) < 4.78 is 5.40. The molecule has 1 saturated heterocycles. The molecule has 3 fully saturated rings. The minimum atomic E-state index is -0.361. The van der Waals surface area contributed by atoms with Crippen LogP contribution in [0, 0.1) is 23.7 Å². The summed E-state index contributed by atoms with van der Waals surface area (Å²) in [5, 5.41) is 0. The minimum absolute atomic E-state index is 0.116. The van der Waals surface area contributed by atoms with Gasteiger partial charge in [0.25, 0.3) is 0 Å². The predicted octanol–water partition coefficient (Wildman–Crippen LogP) is 4.12. The molecule has 5 rings (SSSR count). The Bertz CT molecular complexity index is 978. The van der Waals surface area contributed by atoms with Crippen molar-refractivity contribution in [1.29, 1.82) is 0 Å². The molecule has 1 heterocycles. The van der Waals surface area contributed by atoms with Crippen LogP contribution in [-0.4, -0.2) is 27.4 Å². The second kappa shape index (κ2) is 7.61. The molecule has 5 nitrogen and oxygen atoms in total. The van der Waals surface area contributed by atoms with Crippen LogP contribution in [0.5, 0.6) is 5.75 Å². The number of hydrogen-bond acceptors (Lipinski definition) is 4. The average Bonchev–Trinajstić information content (AvgIpc) is 3.34. The number of amides is 2. The van der Waals surface area contributed by atoms with Crippen LogP contribution in [0.15, 0.2) is 54.6 Å². The van der Waals surface area contributed by atoms with E-state index in [4.69, 9.17) is 4.74 Å². The van der Waals surface area contributed by atoms with Crippen LogP contribution in [0.2, 0.25) is 0 Å². The van der Waals surface area contributed by atoms with E-state index in [0.717, 1.165) is 12.0 Å². The molecule has 2 aromatic rings. The molecule has 2 aromatic carbocycles. The van der Waals surface area contributed by atoms with Gasteiger partial charge in [0.05, 0.1) is 23.9 Å². The Morgan fingerprint density at radius 3 is 2.03 bits per heavy atom. The van der Waals surface area contributed by atoms with Gasteiger partial charge >= 0.3 is 5.97 Å². The lowest BCUT2D eigenvalue weighted by atomic mass is 9.81. The Kier molecular flexibility index (Phi) is 5.06. The molecular weight excluding hydrogens is 514 g/mol. The Morgan fingerprint density at radius 1 is 0.900 bits per heavy atom. The molecule has 2 amide bonds. The van der Waals surface area contributed by atoms with E-state index in [1.807, 2.05) is 30.3 Å². The van der Waals surface area contributed by atoms with Crippen molar-refractivity contribution in [3.8, 4) is 5.75 Å². The van der Waals surface area contributed by atoms with Gasteiger partial charge in [-0.1, -0.05) is 62.2 Å². The third kappa shape index (κ3) is 3.14. The zero-order chi connectivity index (χ0) is 21.0. The number of ether oxygens (including phenoxy) is 1. The SMILES string of the molecule is O=C(Cc1ccccc1)Oc1ccc(N2C(=O)[C@@H]3[C@H]4C[C@H]([C@H](Br)[C@@H]4Br)[C@@H]3C2=O)cc1. The third-order valence-corrected chi connectivity index (χ3v) is 9.71.